The molecule has 0 atom stereocenters. The molecule has 100 valence electrons. The van der Waals surface area contributed by atoms with Gasteiger partial charge in [-0.25, -0.2) is 4.39 Å². The summed E-state index contributed by atoms with van der Waals surface area (Å²) in [6.45, 7) is 2.26. The maximum atomic E-state index is 13.4. The van der Waals surface area contributed by atoms with Crippen molar-refractivity contribution in [1.82, 2.24) is 0 Å². The van der Waals surface area contributed by atoms with E-state index in [-0.39, 0.29) is 5.82 Å². The van der Waals surface area contributed by atoms with Crippen LogP contribution in [-0.2, 0) is 12.5 Å². The first-order valence-corrected chi connectivity index (χ1v) is 7.16. The fourth-order valence-corrected chi connectivity index (χ4v) is 2.42. The van der Waals surface area contributed by atoms with Crippen molar-refractivity contribution in [3.8, 4) is 5.75 Å². The molecule has 0 fully saturated rings. The molecule has 2 rings (SSSR count). The summed E-state index contributed by atoms with van der Waals surface area (Å²) in [6.07, 6.45) is 0. The topological polar surface area (TPSA) is 9.23 Å². The van der Waals surface area contributed by atoms with E-state index in [0.29, 0.717) is 17.0 Å². The van der Waals surface area contributed by atoms with Crippen molar-refractivity contribution in [3.63, 3.8) is 0 Å². The molecule has 0 radical (unpaired) electrons. The maximum Gasteiger partial charge on any atom is 0.137 e. The lowest BCUT2D eigenvalue weighted by Gasteiger charge is -2.13. The summed E-state index contributed by atoms with van der Waals surface area (Å²) in [5.41, 5.74) is 2.73. The second kappa shape index (κ2) is 6.40. The number of alkyl halides is 1. The van der Waals surface area contributed by atoms with Gasteiger partial charge in [0.2, 0.25) is 0 Å². The molecule has 0 heterocycles. The molecule has 0 bridgehead atoms. The van der Waals surface area contributed by atoms with Gasteiger partial charge in [0.25, 0.3) is 0 Å². The van der Waals surface area contributed by atoms with Gasteiger partial charge in [0, 0.05) is 11.1 Å². The molecule has 2 aromatic carbocycles. The maximum absolute atomic E-state index is 13.4. The van der Waals surface area contributed by atoms with E-state index in [1.165, 1.54) is 6.07 Å². The molecule has 0 aliphatic rings. The van der Waals surface area contributed by atoms with Gasteiger partial charge in [-0.1, -0.05) is 30.3 Å². The van der Waals surface area contributed by atoms with Gasteiger partial charge in [0.1, 0.15) is 18.2 Å². The van der Waals surface area contributed by atoms with Crippen molar-refractivity contribution < 1.29 is 9.13 Å². The first-order chi connectivity index (χ1) is 9.13. The predicted molar refractivity (Wildman–Crippen MR) is 79.2 cm³/mol. The molecule has 0 amide bonds. The normalized spacial score (nSPS) is 10.5. The molecule has 0 aromatic heterocycles. The monoisotopic (exact) mass is 342 g/mol. The molecular formula is C15H13BrClFO. The minimum absolute atomic E-state index is 0.288. The number of benzene rings is 2. The van der Waals surface area contributed by atoms with Crippen LogP contribution in [-0.4, -0.2) is 0 Å². The molecule has 2 aromatic rings. The molecule has 0 aliphatic carbocycles. The summed E-state index contributed by atoms with van der Waals surface area (Å²) in [6, 6.07) is 10.7. The van der Waals surface area contributed by atoms with Crippen LogP contribution >= 0.6 is 27.5 Å². The molecular weight excluding hydrogens is 331 g/mol. The van der Waals surface area contributed by atoms with Crippen molar-refractivity contribution in [3.05, 3.63) is 63.4 Å². The number of aryl methyl sites for hydroxylation is 1. The Labute approximate surface area is 125 Å². The van der Waals surface area contributed by atoms with Gasteiger partial charge in [0.05, 0.1) is 10.4 Å². The van der Waals surface area contributed by atoms with Crippen LogP contribution in [0.2, 0.25) is 0 Å². The van der Waals surface area contributed by atoms with Crippen LogP contribution in [0.15, 0.2) is 40.9 Å². The standard InChI is InChI=1S/C15H13BrClFO/c1-10-4-2-5-11(8-17)15(10)19-9-12-6-3-7-13(18)14(12)16/h2-7H,8-9H2,1H3. The van der Waals surface area contributed by atoms with Crippen LogP contribution in [0.3, 0.4) is 0 Å². The zero-order chi connectivity index (χ0) is 13.8. The largest absolute Gasteiger partial charge is 0.488 e. The van der Waals surface area contributed by atoms with Gasteiger partial charge < -0.3 is 4.74 Å². The number of hydrogen-bond donors (Lipinski definition) is 0. The number of rotatable bonds is 4. The molecule has 0 N–H and O–H groups in total. The van der Waals surface area contributed by atoms with Crippen LogP contribution in [0.4, 0.5) is 4.39 Å². The van der Waals surface area contributed by atoms with Crippen molar-refractivity contribution in [1.29, 1.82) is 0 Å². The third-order valence-electron chi connectivity index (χ3n) is 2.84. The quantitative estimate of drug-likeness (QED) is 0.692. The number of ether oxygens (including phenoxy) is 1. The summed E-state index contributed by atoms with van der Waals surface area (Å²) in [5, 5.41) is 0. The molecule has 0 saturated heterocycles. The summed E-state index contributed by atoms with van der Waals surface area (Å²) < 4.78 is 19.6. The highest BCUT2D eigenvalue weighted by Crippen LogP contribution is 2.27. The van der Waals surface area contributed by atoms with Gasteiger partial charge in [-0.2, -0.15) is 0 Å². The van der Waals surface area contributed by atoms with E-state index < -0.39 is 0 Å². The highest BCUT2D eigenvalue weighted by Gasteiger charge is 2.09. The van der Waals surface area contributed by atoms with E-state index >= 15 is 0 Å². The highest BCUT2D eigenvalue weighted by atomic mass is 79.9. The minimum Gasteiger partial charge on any atom is -0.488 e. The fraction of sp³-hybridized carbons (Fsp3) is 0.200. The molecule has 4 heteroatoms. The number of hydrogen-bond acceptors (Lipinski definition) is 1. The van der Waals surface area contributed by atoms with Crippen molar-refractivity contribution in [2.75, 3.05) is 0 Å². The van der Waals surface area contributed by atoms with Crippen LogP contribution < -0.4 is 4.74 Å². The summed E-state index contributed by atoms with van der Waals surface area (Å²) in [5.74, 6) is 0.874. The zero-order valence-corrected chi connectivity index (χ0v) is 12.8. The zero-order valence-electron chi connectivity index (χ0n) is 10.4. The van der Waals surface area contributed by atoms with Gasteiger partial charge in [-0.15, -0.1) is 11.6 Å². The molecule has 0 saturated carbocycles. The summed E-state index contributed by atoms with van der Waals surface area (Å²) in [4.78, 5) is 0. The van der Waals surface area contributed by atoms with E-state index in [1.807, 2.05) is 31.2 Å². The summed E-state index contributed by atoms with van der Waals surface area (Å²) in [7, 11) is 0. The third kappa shape index (κ3) is 3.28. The van der Waals surface area contributed by atoms with Crippen molar-refractivity contribution in [2.24, 2.45) is 0 Å². The average Bonchev–Trinajstić information content (AvgIpc) is 2.41. The van der Waals surface area contributed by atoms with E-state index in [4.69, 9.17) is 16.3 Å². The molecule has 19 heavy (non-hydrogen) atoms. The van der Waals surface area contributed by atoms with E-state index in [2.05, 4.69) is 15.9 Å². The van der Waals surface area contributed by atoms with E-state index in [0.717, 1.165) is 22.4 Å². The number of para-hydroxylation sites is 1. The van der Waals surface area contributed by atoms with Crippen LogP contribution in [0.25, 0.3) is 0 Å². The van der Waals surface area contributed by atoms with Gasteiger partial charge in [0.15, 0.2) is 0 Å². The minimum atomic E-state index is -0.288. The van der Waals surface area contributed by atoms with Crippen LogP contribution in [0.1, 0.15) is 16.7 Å². The average molecular weight is 344 g/mol. The Morgan fingerprint density at radius 3 is 2.58 bits per heavy atom. The Hall–Kier alpha value is -1.06. The smallest absolute Gasteiger partial charge is 0.137 e. The van der Waals surface area contributed by atoms with E-state index in [9.17, 15) is 4.39 Å². The van der Waals surface area contributed by atoms with Gasteiger partial charge in [-0.3, -0.25) is 0 Å². The van der Waals surface area contributed by atoms with Crippen LogP contribution in [0, 0.1) is 12.7 Å². The Morgan fingerprint density at radius 2 is 1.84 bits per heavy atom. The van der Waals surface area contributed by atoms with Crippen molar-refractivity contribution >= 4 is 27.5 Å². The van der Waals surface area contributed by atoms with Crippen molar-refractivity contribution in [2.45, 2.75) is 19.4 Å². The Kier molecular flexibility index (Phi) is 4.83. The van der Waals surface area contributed by atoms with Gasteiger partial charge in [-0.05, 0) is 34.5 Å². The third-order valence-corrected chi connectivity index (χ3v) is 4.02. The molecule has 0 aliphatic heterocycles. The second-order valence-electron chi connectivity index (χ2n) is 4.20. The fourth-order valence-electron chi connectivity index (χ4n) is 1.83. The predicted octanol–water partition coefficient (Wildman–Crippen LogP) is 5.21. The lowest BCUT2D eigenvalue weighted by molar-refractivity contribution is 0.300. The molecule has 1 nitrogen and oxygen atoms in total. The molecule has 0 unspecified atom stereocenters. The SMILES string of the molecule is Cc1cccc(CCl)c1OCc1cccc(F)c1Br. The second-order valence-corrected chi connectivity index (χ2v) is 5.26. The highest BCUT2D eigenvalue weighted by molar-refractivity contribution is 9.10. The first-order valence-electron chi connectivity index (χ1n) is 5.83. The van der Waals surface area contributed by atoms with E-state index in [1.54, 1.807) is 6.07 Å². The molecule has 0 spiro atoms. The lowest BCUT2D eigenvalue weighted by Crippen LogP contribution is -2.01. The Morgan fingerprint density at radius 1 is 1.16 bits per heavy atom. The first kappa shape index (κ1) is 14.4. The van der Waals surface area contributed by atoms with Gasteiger partial charge >= 0.3 is 0 Å². The lowest BCUT2D eigenvalue weighted by atomic mass is 10.1. The van der Waals surface area contributed by atoms with Crippen LogP contribution in [0.5, 0.6) is 5.75 Å². The summed E-state index contributed by atoms with van der Waals surface area (Å²) >= 11 is 9.12. The Balaban J connectivity index is 2.21. The number of halogens is 3. The Bertz CT molecular complexity index is 586.